The summed E-state index contributed by atoms with van der Waals surface area (Å²) in [5, 5.41) is 1.41. The predicted octanol–water partition coefficient (Wildman–Crippen LogP) is 4.98. The molecule has 5 rings (SSSR count). The number of carbonyl (C=O) groups excluding carboxylic acids is 1. The van der Waals surface area contributed by atoms with Crippen molar-refractivity contribution in [3.05, 3.63) is 88.7 Å². The first-order valence-corrected chi connectivity index (χ1v) is 14.0. The highest BCUT2D eigenvalue weighted by Gasteiger charge is 2.31. The van der Waals surface area contributed by atoms with Crippen molar-refractivity contribution in [3.8, 4) is 21.7 Å². The summed E-state index contributed by atoms with van der Waals surface area (Å²) >= 11 is 7.30. The van der Waals surface area contributed by atoms with E-state index in [0.29, 0.717) is 28.7 Å². The third-order valence-corrected chi connectivity index (χ3v) is 9.47. The van der Waals surface area contributed by atoms with Gasteiger partial charge in [0.25, 0.3) is 5.91 Å². The van der Waals surface area contributed by atoms with E-state index in [4.69, 9.17) is 11.6 Å². The van der Waals surface area contributed by atoms with Crippen LogP contribution in [-0.4, -0.2) is 59.7 Å². The molecule has 2 aromatic carbocycles. The van der Waals surface area contributed by atoms with Crippen LogP contribution in [0.25, 0.3) is 21.7 Å². The number of rotatable bonds is 5. The van der Waals surface area contributed by atoms with Crippen LogP contribution in [0.2, 0.25) is 5.02 Å². The van der Waals surface area contributed by atoms with Gasteiger partial charge in [0.05, 0.1) is 10.6 Å². The van der Waals surface area contributed by atoms with Gasteiger partial charge in [-0.15, -0.1) is 11.3 Å². The molecule has 7 nitrogen and oxygen atoms in total. The van der Waals surface area contributed by atoms with Crippen LogP contribution < -0.4 is 0 Å². The number of aromatic nitrogens is 2. The van der Waals surface area contributed by atoms with Crippen molar-refractivity contribution < 1.29 is 13.2 Å². The fraction of sp³-hybridized carbons (Fsp3) is 0.192. The van der Waals surface area contributed by atoms with Crippen LogP contribution >= 0.6 is 22.9 Å². The van der Waals surface area contributed by atoms with Crippen LogP contribution in [0.5, 0.6) is 0 Å². The Kier molecular flexibility index (Phi) is 6.90. The molecule has 0 N–H and O–H groups in total. The van der Waals surface area contributed by atoms with E-state index < -0.39 is 10.0 Å². The summed E-state index contributed by atoms with van der Waals surface area (Å²) in [7, 11) is -3.66. The molecule has 0 aliphatic carbocycles. The number of benzene rings is 2. The van der Waals surface area contributed by atoms with Gasteiger partial charge in [-0.05, 0) is 54.4 Å². The van der Waals surface area contributed by atoms with Crippen molar-refractivity contribution in [2.24, 2.45) is 0 Å². The number of pyridine rings is 1. The van der Waals surface area contributed by atoms with E-state index in [2.05, 4.69) is 9.97 Å². The maximum atomic E-state index is 13.2. The fourth-order valence-corrected chi connectivity index (χ4v) is 6.69. The number of halogens is 1. The molecule has 0 spiro atoms. The Morgan fingerprint density at radius 2 is 1.44 bits per heavy atom. The zero-order valence-electron chi connectivity index (χ0n) is 19.5. The summed E-state index contributed by atoms with van der Waals surface area (Å²) in [6.07, 6.45) is 3.39. The summed E-state index contributed by atoms with van der Waals surface area (Å²) in [5.41, 5.74) is 3.45. The molecule has 4 aromatic rings. The lowest BCUT2D eigenvalue weighted by Gasteiger charge is -2.33. The van der Waals surface area contributed by atoms with Gasteiger partial charge in [-0.3, -0.25) is 9.78 Å². The van der Waals surface area contributed by atoms with E-state index in [9.17, 15) is 13.2 Å². The highest BCUT2D eigenvalue weighted by molar-refractivity contribution is 7.89. The van der Waals surface area contributed by atoms with Gasteiger partial charge >= 0.3 is 0 Å². The normalized spacial score (nSPS) is 14.7. The molecule has 1 aliphatic rings. The molecule has 184 valence electrons. The molecule has 0 saturated carbocycles. The average Bonchev–Trinajstić information content (AvgIpc) is 3.31. The van der Waals surface area contributed by atoms with Gasteiger partial charge in [0, 0.05) is 49.2 Å². The summed E-state index contributed by atoms with van der Waals surface area (Å²) in [6, 6.07) is 17.9. The minimum absolute atomic E-state index is 0.116. The number of thiazole rings is 1. The van der Waals surface area contributed by atoms with Gasteiger partial charge in [0.1, 0.15) is 9.88 Å². The van der Waals surface area contributed by atoms with Crippen LogP contribution in [0, 0.1) is 6.92 Å². The number of hydrogen-bond donors (Lipinski definition) is 0. The second-order valence-electron chi connectivity index (χ2n) is 8.40. The Balaban J connectivity index is 1.26. The lowest BCUT2D eigenvalue weighted by Crippen LogP contribution is -2.50. The van der Waals surface area contributed by atoms with E-state index >= 15 is 0 Å². The summed E-state index contributed by atoms with van der Waals surface area (Å²) < 4.78 is 27.9. The third kappa shape index (κ3) is 4.92. The largest absolute Gasteiger partial charge is 0.335 e. The third-order valence-electron chi connectivity index (χ3n) is 6.11. The van der Waals surface area contributed by atoms with Crippen LogP contribution in [0.3, 0.4) is 0 Å². The van der Waals surface area contributed by atoms with Crippen LogP contribution in [0.15, 0.2) is 78.0 Å². The van der Waals surface area contributed by atoms with Crippen molar-refractivity contribution in [2.75, 3.05) is 26.2 Å². The maximum absolute atomic E-state index is 13.2. The zero-order chi connectivity index (χ0) is 25.3. The molecule has 0 atom stereocenters. The van der Waals surface area contributed by atoms with Gasteiger partial charge in [-0.2, -0.15) is 4.31 Å². The standard InChI is InChI=1S/C26H23ClN4O3S2/c1-18-24(35-25(29-18)21-10-12-28-13-11-21)26(32)30-14-16-31(17-15-30)36(33,34)23-8-4-20(5-9-23)19-2-6-22(27)7-3-19/h2-13H,14-17H2,1H3. The van der Waals surface area contributed by atoms with E-state index in [1.165, 1.54) is 15.6 Å². The van der Waals surface area contributed by atoms with Gasteiger partial charge in [0.15, 0.2) is 0 Å². The Morgan fingerprint density at radius 3 is 2.06 bits per heavy atom. The van der Waals surface area contributed by atoms with Crippen molar-refractivity contribution in [1.82, 2.24) is 19.2 Å². The number of aryl methyl sites for hydroxylation is 1. The first kappa shape index (κ1) is 24.6. The monoisotopic (exact) mass is 538 g/mol. The first-order chi connectivity index (χ1) is 17.3. The molecule has 36 heavy (non-hydrogen) atoms. The molecule has 2 aromatic heterocycles. The number of nitrogens with zero attached hydrogens (tertiary/aromatic N) is 4. The van der Waals surface area contributed by atoms with E-state index in [-0.39, 0.29) is 23.9 Å². The molecular formula is C26H23ClN4O3S2. The smallest absolute Gasteiger partial charge is 0.265 e. The van der Waals surface area contributed by atoms with E-state index in [0.717, 1.165) is 21.7 Å². The molecule has 3 heterocycles. The molecule has 1 fully saturated rings. The minimum atomic E-state index is -3.66. The molecule has 10 heteroatoms. The average molecular weight is 539 g/mol. The van der Waals surface area contributed by atoms with Crippen molar-refractivity contribution in [2.45, 2.75) is 11.8 Å². The van der Waals surface area contributed by atoms with Gasteiger partial charge in [0.2, 0.25) is 10.0 Å². The first-order valence-electron chi connectivity index (χ1n) is 11.4. The highest BCUT2D eigenvalue weighted by Crippen LogP contribution is 2.29. The molecule has 0 radical (unpaired) electrons. The number of hydrogen-bond acceptors (Lipinski definition) is 6. The van der Waals surface area contributed by atoms with Gasteiger partial charge in [-0.25, -0.2) is 13.4 Å². The van der Waals surface area contributed by atoms with Crippen molar-refractivity contribution in [1.29, 1.82) is 0 Å². The Labute approximate surface area is 219 Å². The second kappa shape index (κ2) is 10.1. The molecule has 1 aliphatic heterocycles. The fourth-order valence-electron chi connectivity index (χ4n) is 4.10. The lowest BCUT2D eigenvalue weighted by molar-refractivity contribution is 0.0702. The van der Waals surface area contributed by atoms with Crippen LogP contribution in [-0.2, 0) is 10.0 Å². The highest BCUT2D eigenvalue weighted by atomic mass is 35.5. The Hall–Kier alpha value is -3.11. The van der Waals surface area contributed by atoms with Crippen molar-refractivity contribution >= 4 is 38.9 Å². The Morgan fingerprint density at radius 1 is 0.861 bits per heavy atom. The number of amides is 1. The second-order valence-corrected chi connectivity index (χ2v) is 11.8. The Bertz CT molecular complexity index is 1480. The van der Waals surface area contributed by atoms with Crippen LogP contribution in [0.4, 0.5) is 0 Å². The number of carbonyl (C=O) groups is 1. The molecule has 1 amide bonds. The zero-order valence-corrected chi connectivity index (χ0v) is 21.9. The summed E-state index contributed by atoms with van der Waals surface area (Å²) in [4.78, 5) is 24.3. The van der Waals surface area contributed by atoms with E-state index in [1.807, 2.05) is 31.2 Å². The summed E-state index contributed by atoms with van der Waals surface area (Å²) in [5.74, 6) is -0.116. The molecular weight excluding hydrogens is 516 g/mol. The molecule has 1 saturated heterocycles. The summed E-state index contributed by atoms with van der Waals surface area (Å²) in [6.45, 7) is 2.94. The maximum Gasteiger partial charge on any atom is 0.265 e. The number of piperazine rings is 1. The van der Waals surface area contributed by atoms with Crippen LogP contribution in [0.1, 0.15) is 15.4 Å². The lowest BCUT2D eigenvalue weighted by atomic mass is 10.1. The van der Waals surface area contributed by atoms with Gasteiger partial charge in [-0.1, -0.05) is 35.9 Å². The van der Waals surface area contributed by atoms with Crippen molar-refractivity contribution in [3.63, 3.8) is 0 Å². The SMILES string of the molecule is Cc1nc(-c2ccncc2)sc1C(=O)N1CCN(S(=O)(=O)c2ccc(-c3ccc(Cl)cc3)cc2)CC1. The van der Waals surface area contributed by atoms with E-state index in [1.54, 1.807) is 53.7 Å². The topological polar surface area (TPSA) is 83.5 Å². The predicted molar refractivity (Wildman–Crippen MR) is 142 cm³/mol. The molecule has 0 bridgehead atoms. The number of sulfonamides is 1. The molecule has 0 unspecified atom stereocenters. The van der Waals surface area contributed by atoms with Gasteiger partial charge < -0.3 is 4.90 Å². The minimum Gasteiger partial charge on any atom is -0.335 e. The quantitative estimate of drug-likeness (QED) is 0.358.